The van der Waals surface area contributed by atoms with Gasteiger partial charge in [0.15, 0.2) is 0 Å². The predicted molar refractivity (Wildman–Crippen MR) is 66.3 cm³/mol. The molecule has 0 bridgehead atoms. The Balaban J connectivity index is 1.99. The Morgan fingerprint density at radius 2 is 2.18 bits per heavy atom. The van der Waals surface area contributed by atoms with Gasteiger partial charge in [0.25, 0.3) is 0 Å². The highest BCUT2D eigenvalue weighted by Crippen LogP contribution is 2.46. The number of rotatable bonds is 2. The van der Waals surface area contributed by atoms with Crippen molar-refractivity contribution in [3.05, 3.63) is 23.8 Å². The van der Waals surface area contributed by atoms with Gasteiger partial charge in [0, 0.05) is 12.1 Å². The van der Waals surface area contributed by atoms with Crippen LogP contribution in [0.1, 0.15) is 37.2 Å². The topological polar surface area (TPSA) is 38.3 Å². The third-order valence-electron chi connectivity index (χ3n) is 4.06. The number of benzene rings is 1. The van der Waals surface area contributed by atoms with Crippen LogP contribution in [0.4, 0.5) is 5.69 Å². The highest BCUT2D eigenvalue weighted by molar-refractivity contribution is 5.94. The molecule has 0 aromatic heterocycles. The van der Waals surface area contributed by atoms with Crippen LogP contribution in [0.5, 0.6) is 5.75 Å². The summed E-state index contributed by atoms with van der Waals surface area (Å²) < 4.78 is 5.27. The molecule has 0 saturated heterocycles. The van der Waals surface area contributed by atoms with E-state index in [0.717, 1.165) is 11.4 Å². The Morgan fingerprint density at radius 3 is 2.82 bits per heavy atom. The molecular weight excluding hydrogens is 214 g/mol. The molecule has 1 amide bonds. The minimum atomic E-state index is 0.152. The summed E-state index contributed by atoms with van der Waals surface area (Å²) in [7, 11) is 1.68. The maximum Gasteiger partial charge on any atom is 0.225 e. The molecule has 0 radical (unpaired) electrons. The van der Waals surface area contributed by atoms with E-state index in [1.807, 2.05) is 12.1 Å². The van der Waals surface area contributed by atoms with Crippen LogP contribution in [-0.2, 0) is 4.79 Å². The molecule has 3 rings (SSSR count). The zero-order valence-corrected chi connectivity index (χ0v) is 10.0. The Morgan fingerprint density at radius 1 is 1.35 bits per heavy atom. The Labute approximate surface area is 101 Å². The van der Waals surface area contributed by atoms with Crippen LogP contribution in [0.3, 0.4) is 0 Å². The molecule has 1 N–H and O–H groups in total. The normalized spacial score (nSPS) is 23.6. The number of carbonyl (C=O) groups excluding carboxylic acids is 1. The average Bonchev–Trinajstić information content (AvgIpc) is 2.26. The zero-order valence-electron chi connectivity index (χ0n) is 10.0. The summed E-state index contributed by atoms with van der Waals surface area (Å²) in [6.45, 7) is 0. The van der Waals surface area contributed by atoms with E-state index in [4.69, 9.17) is 4.74 Å². The summed E-state index contributed by atoms with van der Waals surface area (Å²) >= 11 is 0. The lowest BCUT2D eigenvalue weighted by molar-refractivity contribution is -0.117. The van der Waals surface area contributed by atoms with E-state index in [9.17, 15) is 4.79 Å². The van der Waals surface area contributed by atoms with Crippen LogP contribution < -0.4 is 10.1 Å². The molecule has 1 aromatic rings. The molecule has 1 unspecified atom stereocenters. The van der Waals surface area contributed by atoms with Crippen LogP contribution in [0, 0.1) is 5.92 Å². The van der Waals surface area contributed by atoms with E-state index in [1.54, 1.807) is 7.11 Å². The first-order valence-electron chi connectivity index (χ1n) is 6.25. The van der Waals surface area contributed by atoms with Crippen molar-refractivity contribution in [3.8, 4) is 5.75 Å². The number of carbonyl (C=O) groups is 1. The highest BCUT2D eigenvalue weighted by atomic mass is 16.5. The van der Waals surface area contributed by atoms with Crippen molar-refractivity contribution >= 4 is 11.6 Å². The molecular formula is C14H17NO2. The first kappa shape index (κ1) is 10.6. The molecule has 1 atom stereocenters. The molecule has 1 saturated carbocycles. The fourth-order valence-electron chi connectivity index (χ4n) is 2.86. The minimum Gasteiger partial charge on any atom is -0.497 e. The van der Waals surface area contributed by atoms with Gasteiger partial charge in [0.05, 0.1) is 7.11 Å². The second-order valence-electron chi connectivity index (χ2n) is 5.00. The van der Waals surface area contributed by atoms with Crippen LogP contribution in [0.2, 0.25) is 0 Å². The number of anilines is 1. The molecule has 1 aromatic carbocycles. The van der Waals surface area contributed by atoms with E-state index >= 15 is 0 Å². The van der Waals surface area contributed by atoms with Gasteiger partial charge in [0.2, 0.25) is 5.91 Å². The van der Waals surface area contributed by atoms with E-state index in [0.29, 0.717) is 18.3 Å². The van der Waals surface area contributed by atoms with Gasteiger partial charge in [-0.15, -0.1) is 0 Å². The number of ether oxygens (including phenoxy) is 1. The number of hydrogen-bond acceptors (Lipinski definition) is 2. The van der Waals surface area contributed by atoms with Crippen molar-refractivity contribution < 1.29 is 9.53 Å². The Kier molecular flexibility index (Phi) is 2.54. The van der Waals surface area contributed by atoms with Crippen LogP contribution in [0.15, 0.2) is 18.2 Å². The van der Waals surface area contributed by atoms with Crippen molar-refractivity contribution in [2.45, 2.75) is 31.6 Å². The van der Waals surface area contributed by atoms with Crippen molar-refractivity contribution in [1.82, 2.24) is 0 Å². The summed E-state index contributed by atoms with van der Waals surface area (Å²) in [4.78, 5) is 11.7. The quantitative estimate of drug-likeness (QED) is 0.849. The van der Waals surface area contributed by atoms with Gasteiger partial charge in [-0.05, 0) is 48.4 Å². The summed E-state index contributed by atoms with van der Waals surface area (Å²) in [5.74, 6) is 2.11. The van der Waals surface area contributed by atoms with Gasteiger partial charge in [0.1, 0.15) is 5.75 Å². The molecule has 0 spiro atoms. The third kappa shape index (κ3) is 1.79. The van der Waals surface area contributed by atoms with Crippen molar-refractivity contribution in [3.63, 3.8) is 0 Å². The lowest BCUT2D eigenvalue weighted by atomic mass is 9.70. The van der Waals surface area contributed by atoms with Gasteiger partial charge in [-0.3, -0.25) is 4.79 Å². The summed E-state index contributed by atoms with van der Waals surface area (Å²) in [6.07, 6.45) is 4.45. The number of amides is 1. The molecule has 17 heavy (non-hydrogen) atoms. The van der Waals surface area contributed by atoms with E-state index in [2.05, 4.69) is 11.4 Å². The molecule has 1 aliphatic carbocycles. The van der Waals surface area contributed by atoms with Crippen molar-refractivity contribution in [2.75, 3.05) is 12.4 Å². The fourth-order valence-corrected chi connectivity index (χ4v) is 2.86. The Hall–Kier alpha value is -1.51. The van der Waals surface area contributed by atoms with Gasteiger partial charge in [-0.1, -0.05) is 6.42 Å². The maximum absolute atomic E-state index is 11.7. The van der Waals surface area contributed by atoms with Gasteiger partial charge in [-0.2, -0.15) is 0 Å². The summed E-state index contributed by atoms with van der Waals surface area (Å²) in [6, 6.07) is 5.94. The van der Waals surface area contributed by atoms with E-state index < -0.39 is 0 Å². The van der Waals surface area contributed by atoms with Crippen LogP contribution in [0.25, 0.3) is 0 Å². The first-order valence-corrected chi connectivity index (χ1v) is 6.25. The van der Waals surface area contributed by atoms with Crippen molar-refractivity contribution in [2.24, 2.45) is 5.92 Å². The number of fused-ring (bicyclic) bond motifs is 1. The minimum absolute atomic E-state index is 0.152. The van der Waals surface area contributed by atoms with Gasteiger partial charge >= 0.3 is 0 Å². The molecule has 1 heterocycles. The van der Waals surface area contributed by atoms with Gasteiger partial charge < -0.3 is 10.1 Å². The molecule has 2 aliphatic rings. The average molecular weight is 231 g/mol. The highest BCUT2D eigenvalue weighted by Gasteiger charge is 2.34. The number of nitrogens with one attached hydrogen (secondary N) is 1. The number of hydrogen-bond donors (Lipinski definition) is 1. The SMILES string of the molecule is COc1ccc2c(c1)C(C1CCC1)CC(=O)N2. The summed E-state index contributed by atoms with van der Waals surface area (Å²) in [5, 5.41) is 2.95. The monoisotopic (exact) mass is 231 g/mol. The molecule has 3 nitrogen and oxygen atoms in total. The lowest BCUT2D eigenvalue weighted by Gasteiger charge is -2.37. The second kappa shape index (κ2) is 4.06. The summed E-state index contributed by atoms with van der Waals surface area (Å²) in [5.41, 5.74) is 2.23. The van der Waals surface area contributed by atoms with E-state index in [1.165, 1.54) is 24.8 Å². The standard InChI is InChI=1S/C14H17NO2/c1-17-10-5-6-13-12(7-10)11(8-14(16)15-13)9-3-2-4-9/h5-7,9,11H,2-4,8H2,1H3,(H,15,16). The molecule has 1 fully saturated rings. The first-order chi connectivity index (χ1) is 8.28. The molecule has 1 aliphatic heterocycles. The van der Waals surface area contributed by atoms with Crippen LogP contribution >= 0.6 is 0 Å². The van der Waals surface area contributed by atoms with Crippen LogP contribution in [-0.4, -0.2) is 13.0 Å². The van der Waals surface area contributed by atoms with E-state index in [-0.39, 0.29) is 5.91 Å². The zero-order chi connectivity index (χ0) is 11.8. The largest absolute Gasteiger partial charge is 0.497 e. The van der Waals surface area contributed by atoms with Gasteiger partial charge in [-0.25, -0.2) is 0 Å². The second-order valence-corrected chi connectivity index (χ2v) is 5.00. The fraction of sp³-hybridized carbons (Fsp3) is 0.500. The molecule has 3 heteroatoms. The third-order valence-corrected chi connectivity index (χ3v) is 4.06. The predicted octanol–water partition coefficient (Wildman–Crippen LogP) is 2.92. The molecule has 90 valence electrons. The Bertz CT molecular complexity index is 452. The number of methoxy groups -OCH3 is 1. The smallest absolute Gasteiger partial charge is 0.225 e. The van der Waals surface area contributed by atoms with Crippen molar-refractivity contribution in [1.29, 1.82) is 0 Å². The lowest BCUT2D eigenvalue weighted by Crippen LogP contribution is -2.30. The maximum atomic E-state index is 11.7.